The molecule has 0 spiro atoms. The summed E-state index contributed by atoms with van der Waals surface area (Å²) in [4.78, 5) is 35.8. The van der Waals surface area contributed by atoms with Crippen LogP contribution >= 0.6 is 0 Å². The van der Waals surface area contributed by atoms with Gasteiger partial charge in [0.05, 0.1) is 0 Å². The standard InChI is InChI=1S/C25H42N2O3/c1-2-3-4-5-6-7-8-9-10-11-12-13-14-15-16-18-23(28)26-21-17-22-27-24(29)19-20-25(27)30/h9-10,19-20H,2-8,11-18,21-22H2,1H3,(H,26,28)/b10-9-. The number of nitrogens with one attached hydrogen (secondary N) is 1. The maximum absolute atomic E-state index is 11.8. The molecular weight excluding hydrogens is 376 g/mol. The highest BCUT2D eigenvalue weighted by atomic mass is 16.2. The topological polar surface area (TPSA) is 66.5 Å². The highest BCUT2D eigenvalue weighted by Gasteiger charge is 2.22. The molecule has 0 aromatic heterocycles. The van der Waals surface area contributed by atoms with E-state index in [1.54, 1.807) is 0 Å². The summed E-state index contributed by atoms with van der Waals surface area (Å²) in [5, 5.41) is 2.87. The fraction of sp³-hybridized carbons (Fsp3) is 0.720. The summed E-state index contributed by atoms with van der Waals surface area (Å²) >= 11 is 0. The normalized spacial score (nSPS) is 13.7. The van der Waals surface area contributed by atoms with Crippen LogP contribution in [0.3, 0.4) is 0 Å². The molecule has 1 heterocycles. The third-order valence-electron chi connectivity index (χ3n) is 5.45. The Kier molecular flexibility index (Phi) is 15.6. The van der Waals surface area contributed by atoms with Gasteiger partial charge in [0.1, 0.15) is 0 Å². The molecule has 0 radical (unpaired) electrons. The van der Waals surface area contributed by atoms with Crippen LogP contribution in [0, 0.1) is 0 Å². The van der Waals surface area contributed by atoms with Gasteiger partial charge in [0.2, 0.25) is 5.91 Å². The van der Waals surface area contributed by atoms with E-state index >= 15 is 0 Å². The SMILES string of the molecule is CCCCCCCC/C=C\CCCCCCCC(=O)NCCCN1C(=O)C=CC1=O. The molecule has 0 saturated carbocycles. The summed E-state index contributed by atoms with van der Waals surface area (Å²) in [5.41, 5.74) is 0. The first-order chi connectivity index (χ1) is 14.6. The molecule has 0 fully saturated rings. The van der Waals surface area contributed by atoms with Gasteiger partial charge in [-0.2, -0.15) is 0 Å². The van der Waals surface area contributed by atoms with E-state index in [0.29, 0.717) is 25.9 Å². The molecule has 5 nitrogen and oxygen atoms in total. The summed E-state index contributed by atoms with van der Waals surface area (Å²) in [6.45, 7) is 3.12. The molecular formula is C25H42N2O3. The maximum atomic E-state index is 11.8. The first kappa shape index (κ1) is 26.1. The van der Waals surface area contributed by atoms with Gasteiger partial charge in [0.15, 0.2) is 0 Å². The van der Waals surface area contributed by atoms with Gasteiger partial charge in [0, 0.05) is 31.7 Å². The summed E-state index contributed by atoms with van der Waals surface area (Å²) in [6, 6.07) is 0. The van der Waals surface area contributed by atoms with Crippen molar-refractivity contribution in [3.63, 3.8) is 0 Å². The second kappa shape index (κ2) is 17.9. The van der Waals surface area contributed by atoms with E-state index in [1.165, 1.54) is 87.7 Å². The van der Waals surface area contributed by atoms with E-state index in [-0.39, 0.29) is 17.7 Å². The number of amides is 3. The second-order valence-corrected chi connectivity index (χ2v) is 8.20. The fourth-order valence-electron chi connectivity index (χ4n) is 3.56. The Morgan fingerprint density at radius 3 is 1.93 bits per heavy atom. The molecule has 1 N–H and O–H groups in total. The smallest absolute Gasteiger partial charge is 0.253 e. The van der Waals surface area contributed by atoms with Gasteiger partial charge in [-0.1, -0.05) is 70.4 Å². The summed E-state index contributed by atoms with van der Waals surface area (Å²) in [6.07, 6.45) is 24.6. The van der Waals surface area contributed by atoms with Crippen LogP contribution in [0.15, 0.2) is 24.3 Å². The van der Waals surface area contributed by atoms with Crippen molar-refractivity contribution in [1.29, 1.82) is 0 Å². The van der Waals surface area contributed by atoms with Gasteiger partial charge < -0.3 is 5.32 Å². The van der Waals surface area contributed by atoms with Crippen LogP contribution in [0.25, 0.3) is 0 Å². The van der Waals surface area contributed by atoms with Crippen LogP contribution < -0.4 is 5.32 Å². The Bertz CT molecular complexity index is 537. The van der Waals surface area contributed by atoms with Gasteiger partial charge in [-0.05, 0) is 38.5 Å². The van der Waals surface area contributed by atoms with Crippen molar-refractivity contribution in [2.24, 2.45) is 0 Å². The van der Waals surface area contributed by atoms with E-state index in [4.69, 9.17) is 0 Å². The van der Waals surface area contributed by atoms with Crippen molar-refractivity contribution in [3.8, 4) is 0 Å². The van der Waals surface area contributed by atoms with Gasteiger partial charge in [0.25, 0.3) is 11.8 Å². The number of imide groups is 1. The number of carbonyl (C=O) groups is 3. The number of rotatable bonds is 19. The van der Waals surface area contributed by atoms with Crippen molar-refractivity contribution >= 4 is 17.7 Å². The zero-order valence-corrected chi connectivity index (χ0v) is 19.0. The highest BCUT2D eigenvalue weighted by Crippen LogP contribution is 2.10. The predicted molar refractivity (Wildman–Crippen MR) is 123 cm³/mol. The molecule has 0 aromatic carbocycles. The van der Waals surface area contributed by atoms with E-state index in [1.807, 2.05) is 0 Å². The molecule has 0 bridgehead atoms. The molecule has 0 aliphatic carbocycles. The van der Waals surface area contributed by atoms with Crippen molar-refractivity contribution in [2.75, 3.05) is 13.1 Å². The second-order valence-electron chi connectivity index (χ2n) is 8.20. The van der Waals surface area contributed by atoms with Crippen LogP contribution in [-0.4, -0.2) is 35.7 Å². The molecule has 1 rings (SSSR count). The first-order valence-corrected chi connectivity index (χ1v) is 12.1. The lowest BCUT2D eigenvalue weighted by molar-refractivity contribution is -0.136. The van der Waals surface area contributed by atoms with Crippen LogP contribution in [-0.2, 0) is 14.4 Å². The van der Waals surface area contributed by atoms with Crippen LogP contribution in [0.4, 0.5) is 0 Å². The number of nitrogens with zero attached hydrogens (tertiary/aromatic N) is 1. The average Bonchev–Trinajstić information content (AvgIpc) is 3.06. The molecule has 0 saturated heterocycles. The minimum absolute atomic E-state index is 0.0600. The molecule has 1 aliphatic rings. The molecule has 0 atom stereocenters. The number of unbranched alkanes of at least 4 members (excludes halogenated alkanes) is 11. The summed E-state index contributed by atoms with van der Waals surface area (Å²) < 4.78 is 0. The number of hydrogen-bond acceptors (Lipinski definition) is 3. The molecule has 30 heavy (non-hydrogen) atoms. The van der Waals surface area contributed by atoms with Gasteiger partial charge >= 0.3 is 0 Å². The molecule has 3 amide bonds. The van der Waals surface area contributed by atoms with E-state index in [9.17, 15) is 14.4 Å². The third-order valence-corrected chi connectivity index (χ3v) is 5.45. The lowest BCUT2D eigenvalue weighted by Crippen LogP contribution is -2.33. The minimum Gasteiger partial charge on any atom is -0.356 e. The number of allylic oxidation sites excluding steroid dienone is 2. The summed E-state index contributed by atoms with van der Waals surface area (Å²) in [7, 11) is 0. The Balaban J connectivity index is 1.82. The van der Waals surface area contributed by atoms with Gasteiger partial charge in [-0.25, -0.2) is 0 Å². The quantitative estimate of drug-likeness (QED) is 0.172. The molecule has 1 aliphatic heterocycles. The molecule has 5 heteroatoms. The molecule has 170 valence electrons. The Labute approximate surface area is 183 Å². The zero-order chi connectivity index (χ0) is 21.9. The maximum Gasteiger partial charge on any atom is 0.253 e. The van der Waals surface area contributed by atoms with Crippen molar-refractivity contribution in [1.82, 2.24) is 10.2 Å². The Hall–Kier alpha value is -1.91. The first-order valence-electron chi connectivity index (χ1n) is 12.1. The van der Waals surface area contributed by atoms with Crippen molar-refractivity contribution in [2.45, 2.75) is 103 Å². The van der Waals surface area contributed by atoms with Crippen LogP contribution in [0.2, 0.25) is 0 Å². The minimum atomic E-state index is -0.264. The average molecular weight is 419 g/mol. The highest BCUT2D eigenvalue weighted by molar-refractivity contribution is 6.12. The van der Waals surface area contributed by atoms with Gasteiger partial charge in [-0.3, -0.25) is 19.3 Å². The molecule has 0 aromatic rings. The van der Waals surface area contributed by atoms with Crippen molar-refractivity contribution in [3.05, 3.63) is 24.3 Å². The monoisotopic (exact) mass is 418 g/mol. The van der Waals surface area contributed by atoms with E-state index < -0.39 is 0 Å². The third kappa shape index (κ3) is 13.3. The summed E-state index contributed by atoms with van der Waals surface area (Å²) in [5.74, 6) is -0.468. The van der Waals surface area contributed by atoms with Crippen molar-refractivity contribution < 1.29 is 14.4 Å². The van der Waals surface area contributed by atoms with Crippen LogP contribution in [0.1, 0.15) is 103 Å². The van der Waals surface area contributed by atoms with Crippen LogP contribution in [0.5, 0.6) is 0 Å². The predicted octanol–water partition coefficient (Wildman–Crippen LogP) is 5.46. The fourth-order valence-corrected chi connectivity index (χ4v) is 3.56. The van der Waals surface area contributed by atoms with E-state index in [0.717, 1.165) is 12.8 Å². The van der Waals surface area contributed by atoms with E-state index in [2.05, 4.69) is 24.4 Å². The lowest BCUT2D eigenvalue weighted by Gasteiger charge is -2.13. The van der Waals surface area contributed by atoms with Gasteiger partial charge in [-0.15, -0.1) is 0 Å². The number of carbonyl (C=O) groups excluding carboxylic acids is 3. The Morgan fingerprint density at radius 1 is 0.800 bits per heavy atom. The number of hydrogen-bond donors (Lipinski definition) is 1. The zero-order valence-electron chi connectivity index (χ0n) is 19.0. The molecule has 0 unspecified atom stereocenters. The Morgan fingerprint density at radius 2 is 1.33 bits per heavy atom. The lowest BCUT2D eigenvalue weighted by atomic mass is 10.1. The largest absolute Gasteiger partial charge is 0.356 e.